The van der Waals surface area contributed by atoms with Crippen molar-refractivity contribution in [3.05, 3.63) is 60.2 Å². The predicted molar refractivity (Wildman–Crippen MR) is 146 cm³/mol. The molecule has 6 atom stereocenters. The Morgan fingerprint density at radius 1 is 1.13 bits per heavy atom. The number of nitrogens with zero attached hydrogens (tertiary/aromatic N) is 2. The van der Waals surface area contributed by atoms with Crippen LogP contribution in [0.25, 0.3) is 0 Å². The number of ketones is 1. The van der Waals surface area contributed by atoms with E-state index in [4.69, 9.17) is 9.31 Å². The van der Waals surface area contributed by atoms with Crippen molar-refractivity contribution in [2.45, 2.75) is 84.4 Å². The molecule has 0 radical (unpaired) electrons. The summed E-state index contributed by atoms with van der Waals surface area (Å²) in [5.74, 6) is 0.254. The van der Waals surface area contributed by atoms with Gasteiger partial charge in [-0.1, -0.05) is 58.0 Å². The number of amides is 1. The fraction of sp³-hybridized carbons (Fsp3) is 0.600. The van der Waals surface area contributed by atoms with Gasteiger partial charge in [-0.05, 0) is 61.3 Å². The van der Waals surface area contributed by atoms with E-state index in [-0.39, 0.29) is 46.9 Å². The molecule has 1 N–H and O–H groups in total. The first-order valence-corrected chi connectivity index (χ1v) is 14.0. The Hall–Kier alpha value is -2.58. The monoisotopic (exact) mass is 517 g/mol. The van der Waals surface area contributed by atoms with Crippen LogP contribution in [0.5, 0.6) is 0 Å². The molecule has 4 fully saturated rings. The smallest absolute Gasteiger partial charge is 0.404 e. The van der Waals surface area contributed by atoms with Crippen molar-refractivity contribution in [3.8, 4) is 0 Å². The van der Waals surface area contributed by atoms with Crippen LogP contribution in [-0.2, 0) is 20.5 Å². The molecule has 3 saturated carbocycles. The number of benzene rings is 1. The van der Waals surface area contributed by atoms with Gasteiger partial charge < -0.3 is 14.6 Å². The van der Waals surface area contributed by atoms with E-state index in [2.05, 4.69) is 49.9 Å². The Balaban J connectivity index is 1.34. The maximum Gasteiger partial charge on any atom is 0.481 e. The average molecular weight is 517 g/mol. The third-order valence-corrected chi connectivity index (χ3v) is 9.33. The first kappa shape index (κ1) is 27.0. The van der Waals surface area contributed by atoms with Gasteiger partial charge in [-0.3, -0.25) is 14.6 Å². The van der Waals surface area contributed by atoms with Crippen LogP contribution in [0.1, 0.15) is 76.4 Å². The van der Waals surface area contributed by atoms with Crippen LogP contribution in [0.2, 0.25) is 0 Å². The molecule has 1 aromatic carbocycles. The Morgan fingerprint density at radius 3 is 2.55 bits per heavy atom. The molecule has 0 spiro atoms. The highest BCUT2D eigenvalue weighted by Gasteiger charge is 2.68. The lowest BCUT2D eigenvalue weighted by Gasteiger charge is -2.64. The summed E-state index contributed by atoms with van der Waals surface area (Å²) in [6.07, 6.45) is 7.96. The summed E-state index contributed by atoms with van der Waals surface area (Å²) in [4.78, 5) is 35.0. The number of hydrogen-bond acceptors (Lipinski definition) is 6. The van der Waals surface area contributed by atoms with E-state index in [1.807, 2.05) is 30.3 Å². The molecule has 2 heterocycles. The van der Waals surface area contributed by atoms with Crippen molar-refractivity contribution in [1.29, 1.82) is 0 Å². The minimum Gasteiger partial charge on any atom is -0.404 e. The second-order valence-electron chi connectivity index (χ2n) is 12.7. The summed E-state index contributed by atoms with van der Waals surface area (Å²) in [5, 5.41) is 3.27. The number of hydrogen-bond donors (Lipinski definition) is 1. The summed E-state index contributed by atoms with van der Waals surface area (Å²) in [7, 11) is -0.500. The van der Waals surface area contributed by atoms with Crippen molar-refractivity contribution >= 4 is 18.8 Å². The van der Waals surface area contributed by atoms with Gasteiger partial charge in [0.05, 0.1) is 23.8 Å². The van der Waals surface area contributed by atoms with Crippen LogP contribution in [0.4, 0.5) is 0 Å². The highest BCUT2D eigenvalue weighted by molar-refractivity contribution is 6.47. The topological polar surface area (TPSA) is 90.4 Å². The third-order valence-electron chi connectivity index (χ3n) is 9.33. The van der Waals surface area contributed by atoms with Gasteiger partial charge in [0.2, 0.25) is 5.91 Å². The molecular formula is C30H40BN3O4. The van der Waals surface area contributed by atoms with Gasteiger partial charge in [-0.2, -0.15) is 0 Å². The van der Waals surface area contributed by atoms with Gasteiger partial charge in [0.1, 0.15) is 5.69 Å². The maximum atomic E-state index is 13.8. The van der Waals surface area contributed by atoms with Crippen molar-refractivity contribution in [1.82, 2.24) is 15.3 Å². The van der Waals surface area contributed by atoms with Gasteiger partial charge in [-0.25, -0.2) is 4.98 Å². The zero-order valence-corrected chi connectivity index (χ0v) is 23.2. The fourth-order valence-corrected chi connectivity index (χ4v) is 7.05. The summed E-state index contributed by atoms with van der Waals surface area (Å²) < 4.78 is 13.3. The van der Waals surface area contributed by atoms with E-state index < -0.39 is 13.0 Å². The first-order valence-electron chi connectivity index (χ1n) is 14.0. The van der Waals surface area contributed by atoms with Crippen molar-refractivity contribution in [2.75, 3.05) is 0 Å². The van der Waals surface area contributed by atoms with Gasteiger partial charge in [0.15, 0.2) is 5.78 Å². The summed E-state index contributed by atoms with van der Waals surface area (Å²) in [5.41, 5.74) is 1.20. The standard InChI is InChI=1S/C30H40BN3O4/c1-19(2)13-27(31-37-26-17-22-16-25(29(22,3)4)30(26,5)38-31)34-28(36)21(14-20-9-7-6-8-10-20)15-24(35)23-18-32-11-12-33-23/h6-12,18-19,21-22,25-27H,13-17H2,1-5H3,(H,34,36)/t21-,22+,25+,26-,27+,30+/m1/s1. The van der Waals surface area contributed by atoms with Gasteiger partial charge in [0.25, 0.3) is 0 Å². The average Bonchev–Trinajstić information content (AvgIpc) is 3.26. The fourth-order valence-electron chi connectivity index (χ4n) is 7.05. The summed E-state index contributed by atoms with van der Waals surface area (Å²) in [6, 6.07) is 9.82. The SMILES string of the molecule is CC(C)C[C@H](NC(=O)[C@@H](CC(=O)c1cnccn1)Cc1ccccc1)B1O[C@@H]2C[C@@H]3C[C@@H](C3(C)C)[C@]2(C)O1. The van der Waals surface area contributed by atoms with Gasteiger partial charge in [-0.15, -0.1) is 0 Å². The lowest BCUT2D eigenvalue weighted by atomic mass is 9.43. The molecule has 1 aliphatic heterocycles. The van der Waals surface area contributed by atoms with Crippen LogP contribution in [0.15, 0.2) is 48.9 Å². The first-order chi connectivity index (χ1) is 18.1. The molecule has 3 aliphatic carbocycles. The van der Waals surface area contributed by atoms with Crippen molar-refractivity contribution in [3.63, 3.8) is 0 Å². The number of Topliss-reactive ketones (excluding diaryl/α,β-unsaturated/α-hetero) is 1. The maximum absolute atomic E-state index is 13.8. The van der Waals surface area contributed by atoms with Crippen LogP contribution in [0, 0.1) is 29.1 Å². The second-order valence-corrected chi connectivity index (χ2v) is 12.7. The Kier molecular flexibility index (Phi) is 7.49. The second kappa shape index (κ2) is 10.5. The highest BCUT2D eigenvalue weighted by atomic mass is 16.7. The molecule has 38 heavy (non-hydrogen) atoms. The van der Waals surface area contributed by atoms with Crippen LogP contribution in [0.3, 0.4) is 0 Å². The van der Waals surface area contributed by atoms with Crippen LogP contribution in [-0.4, -0.2) is 46.4 Å². The summed E-state index contributed by atoms with van der Waals surface area (Å²) >= 11 is 0. The van der Waals surface area contributed by atoms with Gasteiger partial charge in [0, 0.05) is 24.7 Å². The van der Waals surface area contributed by atoms with E-state index in [1.165, 1.54) is 25.0 Å². The molecule has 1 saturated heterocycles. The Labute approximate surface area is 226 Å². The Bertz CT molecular complexity index is 1140. The zero-order valence-electron chi connectivity index (χ0n) is 23.2. The molecule has 6 rings (SSSR count). The third kappa shape index (κ3) is 5.17. The van der Waals surface area contributed by atoms with E-state index in [0.717, 1.165) is 18.4 Å². The zero-order chi connectivity index (χ0) is 27.1. The van der Waals surface area contributed by atoms with Crippen molar-refractivity contribution < 1.29 is 18.9 Å². The van der Waals surface area contributed by atoms with Crippen LogP contribution < -0.4 is 5.32 Å². The normalized spacial score (nSPS) is 28.8. The molecular weight excluding hydrogens is 477 g/mol. The number of aromatic nitrogens is 2. The highest BCUT2D eigenvalue weighted by Crippen LogP contribution is 2.65. The molecule has 2 aromatic rings. The molecule has 0 unspecified atom stereocenters. The lowest BCUT2D eigenvalue weighted by molar-refractivity contribution is -0.199. The minimum absolute atomic E-state index is 0.0502. The molecule has 4 aliphatic rings. The Morgan fingerprint density at radius 2 is 1.89 bits per heavy atom. The number of nitrogens with one attached hydrogen (secondary N) is 1. The van der Waals surface area contributed by atoms with E-state index in [0.29, 0.717) is 24.2 Å². The lowest BCUT2D eigenvalue weighted by Crippen LogP contribution is -2.65. The minimum atomic E-state index is -0.549. The largest absolute Gasteiger partial charge is 0.481 e. The van der Waals surface area contributed by atoms with E-state index in [9.17, 15) is 9.59 Å². The van der Waals surface area contributed by atoms with Crippen LogP contribution >= 0.6 is 0 Å². The van der Waals surface area contributed by atoms with Crippen molar-refractivity contribution in [2.24, 2.45) is 29.1 Å². The number of rotatable bonds is 10. The molecule has 1 amide bonds. The molecule has 7 nitrogen and oxygen atoms in total. The van der Waals surface area contributed by atoms with Gasteiger partial charge >= 0.3 is 7.12 Å². The molecule has 202 valence electrons. The predicted octanol–water partition coefficient (Wildman–Crippen LogP) is 4.71. The molecule has 8 heteroatoms. The summed E-state index contributed by atoms with van der Waals surface area (Å²) in [6.45, 7) is 11.2. The van der Waals surface area contributed by atoms with E-state index >= 15 is 0 Å². The quantitative estimate of drug-likeness (QED) is 0.363. The van der Waals surface area contributed by atoms with E-state index in [1.54, 1.807) is 0 Å². The molecule has 1 aromatic heterocycles. The number of carbonyl (C=O) groups is 2. The molecule has 2 bridgehead atoms. The number of carbonyl (C=O) groups excluding carboxylic acids is 2.